The van der Waals surface area contributed by atoms with Crippen molar-refractivity contribution in [1.29, 1.82) is 5.26 Å². The first kappa shape index (κ1) is 20.7. The maximum atomic E-state index is 10.00. The van der Waals surface area contributed by atoms with Gasteiger partial charge in [0.1, 0.15) is 17.5 Å². The fraction of sp³-hybridized carbons (Fsp3) is 0.320. The van der Waals surface area contributed by atoms with Crippen molar-refractivity contribution in [2.45, 2.75) is 45.2 Å². The molecule has 0 saturated heterocycles. The Balaban J connectivity index is 1.61. The van der Waals surface area contributed by atoms with Gasteiger partial charge in [-0.2, -0.15) is 5.26 Å². The number of allylic oxidation sites excluding steroid dienone is 2. The Bertz CT molecular complexity index is 1050. The Labute approximate surface area is 184 Å². The molecule has 2 aromatic rings. The van der Waals surface area contributed by atoms with Crippen molar-refractivity contribution in [3.05, 3.63) is 77.3 Å². The molecule has 0 atom stereocenters. The van der Waals surface area contributed by atoms with E-state index in [1.165, 1.54) is 18.4 Å². The van der Waals surface area contributed by atoms with Gasteiger partial charge in [-0.25, -0.2) is 9.98 Å². The van der Waals surface area contributed by atoms with Gasteiger partial charge in [0.25, 0.3) is 0 Å². The predicted molar refractivity (Wildman–Crippen MR) is 125 cm³/mol. The van der Waals surface area contributed by atoms with Gasteiger partial charge in [0.15, 0.2) is 5.96 Å². The topological polar surface area (TPSA) is 76.3 Å². The number of nitrogens with zero attached hydrogens (tertiary/aromatic N) is 4. The van der Waals surface area contributed by atoms with Gasteiger partial charge in [-0.3, -0.25) is 0 Å². The van der Waals surface area contributed by atoms with Gasteiger partial charge in [0, 0.05) is 19.8 Å². The van der Waals surface area contributed by atoms with Gasteiger partial charge >= 0.3 is 0 Å². The van der Waals surface area contributed by atoms with Crippen LogP contribution in [0.25, 0.3) is 5.57 Å². The minimum absolute atomic E-state index is 0.349. The van der Waals surface area contributed by atoms with Crippen molar-refractivity contribution >= 4 is 17.4 Å². The van der Waals surface area contributed by atoms with Crippen LogP contribution in [0.2, 0.25) is 0 Å². The van der Waals surface area contributed by atoms with Crippen molar-refractivity contribution in [3.8, 4) is 6.07 Å². The number of rotatable bonds is 5. The van der Waals surface area contributed by atoms with Gasteiger partial charge in [-0.15, -0.1) is 0 Å². The Kier molecular flexibility index (Phi) is 6.32. The van der Waals surface area contributed by atoms with Crippen LogP contribution in [0.3, 0.4) is 0 Å². The number of guanidine groups is 1. The highest BCUT2D eigenvalue weighted by Crippen LogP contribution is 2.25. The molecule has 31 heavy (non-hydrogen) atoms. The number of hydrogen-bond acceptors (Lipinski definition) is 4. The summed E-state index contributed by atoms with van der Waals surface area (Å²) in [6.45, 7) is 2.72. The van der Waals surface area contributed by atoms with Crippen LogP contribution in [0.5, 0.6) is 0 Å². The Morgan fingerprint density at radius 1 is 1.16 bits per heavy atom. The van der Waals surface area contributed by atoms with Gasteiger partial charge in [-0.05, 0) is 43.0 Å². The zero-order valence-electron chi connectivity index (χ0n) is 18.1. The van der Waals surface area contributed by atoms with Crippen molar-refractivity contribution in [2.24, 2.45) is 4.99 Å². The highest BCUT2D eigenvalue weighted by Gasteiger charge is 2.20. The molecule has 2 aliphatic rings. The average molecular weight is 413 g/mol. The number of anilines is 1. The first-order chi connectivity index (χ1) is 15.1. The van der Waals surface area contributed by atoms with Crippen LogP contribution in [-0.4, -0.2) is 24.0 Å². The number of benzene rings is 1. The van der Waals surface area contributed by atoms with E-state index < -0.39 is 0 Å². The summed E-state index contributed by atoms with van der Waals surface area (Å²) in [7, 11) is 2.01. The lowest BCUT2D eigenvalue weighted by Crippen LogP contribution is -2.39. The summed E-state index contributed by atoms with van der Waals surface area (Å²) in [6.07, 6.45) is 6.61. The molecule has 1 aliphatic heterocycles. The monoisotopic (exact) mass is 412 g/mol. The fourth-order valence-corrected chi connectivity index (χ4v) is 4.00. The Morgan fingerprint density at radius 2 is 1.94 bits per heavy atom. The van der Waals surface area contributed by atoms with Crippen molar-refractivity contribution in [1.82, 2.24) is 15.6 Å². The van der Waals surface area contributed by atoms with Crippen LogP contribution in [0, 0.1) is 11.3 Å². The first-order valence-corrected chi connectivity index (χ1v) is 10.8. The molecule has 0 unspecified atom stereocenters. The number of aromatic nitrogens is 1. The first-order valence-electron chi connectivity index (χ1n) is 10.8. The summed E-state index contributed by atoms with van der Waals surface area (Å²) in [4.78, 5) is 11.7. The molecule has 4 rings (SSSR count). The SMILES string of the molecule is CC1=CNC(=NC2CCCC2)N/C1=C(/C#N)c1cccc(N(C)Cc2ccccc2)n1. The summed E-state index contributed by atoms with van der Waals surface area (Å²) >= 11 is 0. The summed E-state index contributed by atoms with van der Waals surface area (Å²) in [5.41, 5.74) is 4.09. The molecule has 0 amide bonds. The van der Waals surface area contributed by atoms with E-state index in [0.717, 1.165) is 36.5 Å². The van der Waals surface area contributed by atoms with E-state index >= 15 is 0 Å². The molecule has 0 spiro atoms. The van der Waals surface area contributed by atoms with E-state index in [1.54, 1.807) is 0 Å². The van der Waals surface area contributed by atoms with Crippen molar-refractivity contribution in [2.75, 3.05) is 11.9 Å². The summed E-state index contributed by atoms with van der Waals surface area (Å²) in [5.74, 6) is 1.53. The van der Waals surface area contributed by atoms with E-state index in [4.69, 9.17) is 9.98 Å². The molecule has 1 fully saturated rings. The number of nitriles is 1. The molecule has 6 heteroatoms. The van der Waals surface area contributed by atoms with Crippen LogP contribution in [0.1, 0.15) is 43.9 Å². The number of nitrogens with one attached hydrogen (secondary N) is 2. The molecule has 1 saturated carbocycles. The van der Waals surface area contributed by atoms with Crippen molar-refractivity contribution in [3.63, 3.8) is 0 Å². The van der Waals surface area contributed by atoms with E-state index in [2.05, 4.69) is 33.7 Å². The molecule has 0 radical (unpaired) electrons. The molecular formula is C25H28N6. The van der Waals surface area contributed by atoms with Crippen LogP contribution >= 0.6 is 0 Å². The van der Waals surface area contributed by atoms with Gasteiger partial charge < -0.3 is 15.5 Å². The van der Waals surface area contributed by atoms with E-state index in [-0.39, 0.29) is 0 Å². The zero-order chi connectivity index (χ0) is 21.6. The zero-order valence-corrected chi connectivity index (χ0v) is 18.1. The lowest BCUT2D eigenvalue weighted by atomic mass is 10.0. The molecular weight excluding hydrogens is 384 g/mol. The second kappa shape index (κ2) is 9.48. The minimum Gasteiger partial charge on any atom is -0.355 e. The van der Waals surface area contributed by atoms with Crippen LogP contribution < -0.4 is 15.5 Å². The van der Waals surface area contributed by atoms with Crippen LogP contribution in [0.4, 0.5) is 5.82 Å². The van der Waals surface area contributed by atoms with E-state index in [0.29, 0.717) is 23.3 Å². The standard InChI is InChI=1S/C25H28N6/c1-18-16-27-25(28-20-11-6-7-12-20)30-24(18)21(15-26)22-13-8-14-23(29-22)31(2)17-19-9-4-3-5-10-19/h3-5,8-10,13-14,16,20H,6-7,11-12,17H2,1-2H3,(H2,27,28,30)/b24-21-. The van der Waals surface area contributed by atoms with Crippen molar-refractivity contribution < 1.29 is 0 Å². The summed E-state index contributed by atoms with van der Waals surface area (Å²) in [6, 6.07) is 18.8. The van der Waals surface area contributed by atoms with Gasteiger partial charge in [0.05, 0.1) is 17.4 Å². The molecule has 158 valence electrons. The third kappa shape index (κ3) is 4.95. The average Bonchev–Trinajstić information content (AvgIpc) is 3.30. The molecule has 2 N–H and O–H groups in total. The smallest absolute Gasteiger partial charge is 0.200 e. The lowest BCUT2D eigenvalue weighted by Gasteiger charge is -2.23. The van der Waals surface area contributed by atoms with E-state index in [9.17, 15) is 5.26 Å². The van der Waals surface area contributed by atoms with E-state index in [1.807, 2.05) is 56.6 Å². The second-order valence-corrected chi connectivity index (χ2v) is 8.10. The maximum Gasteiger partial charge on any atom is 0.200 e. The fourth-order valence-electron chi connectivity index (χ4n) is 4.00. The quantitative estimate of drug-likeness (QED) is 0.714. The molecule has 2 heterocycles. The Morgan fingerprint density at radius 3 is 2.68 bits per heavy atom. The lowest BCUT2D eigenvalue weighted by molar-refractivity contribution is 0.696. The highest BCUT2D eigenvalue weighted by atomic mass is 15.2. The van der Waals surface area contributed by atoms with Gasteiger partial charge in [-0.1, -0.05) is 49.2 Å². The molecule has 1 aromatic carbocycles. The number of hydrogen-bond donors (Lipinski definition) is 2. The Hall–Kier alpha value is -3.59. The number of pyridine rings is 1. The molecule has 0 bridgehead atoms. The molecule has 1 aromatic heterocycles. The van der Waals surface area contributed by atoms with Crippen LogP contribution in [0.15, 0.2) is 71.0 Å². The molecule has 6 nitrogen and oxygen atoms in total. The van der Waals surface area contributed by atoms with Gasteiger partial charge in [0.2, 0.25) is 0 Å². The second-order valence-electron chi connectivity index (χ2n) is 8.10. The summed E-state index contributed by atoms with van der Waals surface area (Å²) < 4.78 is 0. The third-order valence-corrected chi connectivity index (χ3v) is 5.71. The largest absolute Gasteiger partial charge is 0.355 e. The summed E-state index contributed by atoms with van der Waals surface area (Å²) in [5, 5.41) is 16.6. The maximum absolute atomic E-state index is 10.00. The molecule has 1 aliphatic carbocycles. The predicted octanol–water partition coefficient (Wildman–Crippen LogP) is 4.35. The van der Waals surface area contributed by atoms with Crippen LogP contribution in [-0.2, 0) is 6.54 Å². The number of aliphatic imine (C=N–C) groups is 1. The third-order valence-electron chi connectivity index (χ3n) is 5.71. The highest BCUT2D eigenvalue weighted by molar-refractivity contribution is 5.91. The normalized spacial score (nSPS) is 19.3. The minimum atomic E-state index is 0.349.